The van der Waals surface area contributed by atoms with Gasteiger partial charge in [0.2, 0.25) is 0 Å². The van der Waals surface area contributed by atoms with E-state index in [0.29, 0.717) is 109 Å². The molecule has 55 heavy (non-hydrogen) atoms. The summed E-state index contributed by atoms with van der Waals surface area (Å²) in [4.78, 5) is 0. The minimum absolute atomic E-state index is 0.0579. The quantitative estimate of drug-likeness (QED) is 0.0571. The molecular weight excluding hydrogens is 696 g/mol. The number of rotatable bonds is 28. The zero-order valence-corrected chi connectivity index (χ0v) is 35.9. The summed E-state index contributed by atoms with van der Waals surface area (Å²) in [6, 6.07) is 0. The van der Waals surface area contributed by atoms with Crippen LogP contribution in [0.15, 0.2) is 11.6 Å². The molecular formula is C46H82O9. The Hall–Kier alpha value is -0.620. The second kappa shape index (κ2) is 24.5. The smallest absolute Gasteiger partial charge is 0.157 e. The fourth-order valence-electron chi connectivity index (χ4n) is 11.4. The standard InChI is InChI=1S/C46H82O9/c1-36(2)9-8-10-37(3)41-14-15-42-40-13-12-38-35-39(16-18-45(38,4)43(40)17-19-46(41,42)5)53-33-31-51-29-27-49-25-23-47-21-22-48-24-26-50-28-30-52-32-34-55-44-11-6-7-20-54-44/h12,36-37,39-44H,6-11,13-35H2,1-5H3/t37-,39-,40+,41-,42+,43+,44?,45+,46-/m1/s1. The number of hydrogen-bond acceptors (Lipinski definition) is 9. The molecule has 320 valence electrons. The van der Waals surface area contributed by atoms with E-state index in [9.17, 15) is 0 Å². The lowest BCUT2D eigenvalue weighted by Crippen LogP contribution is -2.51. The van der Waals surface area contributed by atoms with Crippen molar-refractivity contribution in [3.63, 3.8) is 0 Å². The van der Waals surface area contributed by atoms with Crippen molar-refractivity contribution in [2.75, 3.05) is 99.1 Å². The van der Waals surface area contributed by atoms with Crippen molar-refractivity contribution in [2.24, 2.45) is 46.3 Å². The molecule has 9 atom stereocenters. The molecule has 0 aromatic heterocycles. The van der Waals surface area contributed by atoms with Crippen LogP contribution in [-0.2, 0) is 42.6 Å². The molecule has 4 aliphatic carbocycles. The van der Waals surface area contributed by atoms with Crippen LogP contribution in [0.25, 0.3) is 0 Å². The van der Waals surface area contributed by atoms with E-state index in [1.807, 2.05) is 0 Å². The fraction of sp³-hybridized carbons (Fsp3) is 0.957. The van der Waals surface area contributed by atoms with Gasteiger partial charge in [0.05, 0.1) is 98.6 Å². The van der Waals surface area contributed by atoms with Gasteiger partial charge in [0.1, 0.15) is 0 Å². The molecule has 1 aliphatic heterocycles. The number of ether oxygens (including phenoxy) is 9. The molecule has 0 aromatic rings. The maximum absolute atomic E-state index is 6.38. The predicted molar refractivity (Wildman–Crippen MR) is 217 cm³/mol. The van der Waals surface area contributed by atoms with Gasteiger partial charge in [0.15, 0.2) is 6.29 Å². The Morgan fingerprint density at radius 3 is 1.82 bits per heavy atom. The summed E-state index contributed by atoms with van der Waals surface area (Å²) < 4.78 is 51.3. The Bertz CT molecular complexity index is 1060. The number of fused-ring (bicyclic) bond motifs is 5. The van der Waals surface area contributed by atoms with Gasteiger partial charge < -0.3 is 42.6 Å². The third-order valence-electron chi connectivity index (χ3n) is 14.4. The average molecular weight is 779 g/mol. The second-order valence-electron chi connectivity index (χ2n) is 18.4. The monoisotopic (exact) mass is 779 g/mol. The normalized spacial score (nSPS) is 32.6. The first-order valence-corrected chi connectivity index (χ1v) is 22.8. The minimum Gasteiger partial charge on any atom is -0.377 e. The molecule has 0 aromatic carbocycles. The van der Waals surface area contributed by atoms with E-state index in [1.165, 1.54) is 70.6 Å². The molecule has 0 N–H and O–H groups in total. The van der Waals surface area contributed by atoms with Gasteiger partial charge in [0.25, 0.3) is 0 Å². The first-order chi connectivity index (χ1) is 26.8. The summed E-state index contributed by atoms with van der Waals surface area (Å²) >= 11 is 0. The molecule has 1 heterocycles. The number of hydrogen-bond donors (Lipinski definition) is 0. The zero-order valence-electron chi connectivity index (χ0n) is 35.9. The highest BCUT2D eigenvalue weighted by Gasteiger charge is 2.59. The fourth-order valence-corrected chi connectivity index (χ4v) is 11.4. The van der Waals surface area contributed by atoms with Gasteiger partial charge in [0, 0.05) is 6.61 Å². The molecule has 5 rings (SSSR count). The molecule has 3 saturated carbocycles. The Kier molecular flexibility index (Phi) is 20.2. The molecule has 5 aliphatic rings. The predicted octanol–water partition coefficient (Wildman–Crippen LogP) is 9.06. The van der Waals surface area contributed by atoms with Gasteiger partial charge in [-0.1, -0.05) is 65.5 Å². The zero-order chi connectivity index (χ0) is 38.8. The van der Waals surface area contributed by atoms with Gasteiger partial charge in [-0.05, 0) is 117 Å². The third kappa shape index (κ3) is 14.0. The summed E-state index contributed by atoms with van der Waals surface area (Å²) in [7, 11) is 0. The van der Waals surface area contributed by atoms with Crippen molar-refractivity contribution in [1.82, 2.24) is 0 Å². The maximum Gasteiger partial charge on any atom is 0.157 e. The van der Waals surface area contributed by atoms with Crippen LogP contribution in [0, 0.1) is 46.3 Å². The Morgan fingerprint density at radius 2 is 1.24 bits per heavy atom. The maximum atomic E-state index is 6.38. The second-order valence-corrected chi connectivity index (χ2v) is 18.4. The van der Waals surface area contributed by atoms with Gasteiger partial charge >= 0.3 is 0 Å². The lowest BCUT2D eigenvalue weighted by molar-refractivity contribution is -0.169. The average Bonchev–Trinajstić information content (AvgIpc) is 3.54. The summed E-state index contributed by atoms with van der Waals surface area (Å²) in [5, 5.41) is 0. The summed E-state index contributed by atoms with van der Waals surface area (Å²) in [6.07, 6.45) is 21.2. The summed E-state index contributed by atoms with van der Waals surface area (Å²) in [5.41, 5.74) is 2.65. The highest BCUT2D eigenvalue weighted by molar-refractivity contribution is 5.25. The SMILES string of the molecule is CC(C)CCC[C@@H](C)[C@H]1CC[C@H]2[C@@H]3CC=C4C[C@H](OCCOCCOCCOCCOCCOCCOCCOC5CCCCO5)CC[C@]4(C)[C@H]3CC[C@]12C. The Morgan fingerprint density at radius 1 is 0.636 bits per heavy atom. The van der Waals surface area contributed by atoms with Crippen molar-refractivity contribution < 1.29 is 42.6 Å². The topological polar surface area (TPSA) is 83.1 Å². The third-order valence-corrected chi connectivity index (χ3v) is 14.4. The van der Waals surface area contributed by atoms with E-state index < -0.39 is 0 Å². The highest BCUT2D eigenvalue weighted by atomic mass is 16.7. The van der Waals surface area contributed by atoms with Crippen LogP contribution >= 0.6 is 0 Å². The van der Waals surface area contributed by atoms with E-state index >= 15 is 0 Å². The van der Waals surface area contributed by atoms with E-state index in [2.05, 4.69) is 40.7 Å². The van der Waals surface area contributed by atoms with Crippen LogP contribution in [0.4, 0.5) is 0 Å². The van der Waals surface area contributed by atoms with Gasteiger partial charge in [-0.2, -0.15) is 0 Å². The largest absolute Gasteiger partial charge is 0.377 e. The summed E-state index contributed by atoms with van der Waals surface area (Å²) in [5.74, 6) is 5.32. The van der Waals surface area contributed by atoms with E-state index in [-0.39, 0.29) is 6.29 Å². The summed E-state index contributed by atoms with van der Waals surface area (Å²) in [6.45, 7) is 21.4. The molecule has 0 bridgehead atoms. The Balaban J connectivity index is 0.814. The molecule has 9 nitrogen and oxygen atoms in total. The van der Waals surface area contributed by atoms with Gasteiger partial charge in [-0.3, -0.25) is 0 Å². The van der Waals surface area contributed by atoms with Crippen LogP contribution in [-0.4, -0.2) is 111 Å². The first-order valence-electron chi connectivity index (χ1n) is 22.8. The Labute approximate surface area is 335 Å². The van der Waals surface area contributed by atoms with Crippen molar-refractivity contribution in [2.45, 2.75) is 137 Å². The molecule has 0 spiro atoms. The first kappa shape index (κ1) is 45.5. The van der Waals surface area contributed by atoms with Crippen LogP contribution in [0.3, 0.4) is 0 Å². The molecule has 4 fully saturated rings. The van der Waals surface area contributed by atoms with Crippen LogP contribution in [0.5, 0.6) is 0 Å². The van der Waals surface area contributed by atoms with E-state index in [4.69, 9.17) is 42.6 Å². The molecule has 1 unspecified atom stereocenters. The molecule has 0 amide bonds. The highest BCUT2D eigenvalue weighted by Crippen LogP contribution is 2.67. The lowest BCUT2D eigenvalue weighted by atomic mass is 9.47. The van der Waals surface area contributed by atoms with E-state index in [1.54, 1.807) is 5.57 Å². The molecule has 1 saturated heterocycles. The van der Waals surface area contributed by atoms with Crippen molar-refractivity contribution in [3.05, 3.63) is 11.6 Å². The molecule has 0 radical (unpaired) electrons. The van der Waals surface area contributed by atoms with Crippen LogP contribution in [0.1, 0.15) is 125 Å². The lowest BCUT2D eigenvalue weighted by Gasteiger charge is -2.58. The minimum atomic E-state index is -0.0579. The van der Waals surface area contributed by atoms with E-state index in [0.717, 1.165) is 61.4 Å². The van der Waals surface area contributed by atoms with Crippen molar-refractivity contribution in [3.8, 4) is 0 Å². The number of allylic oxidation sites excluding steroid dienone is 1. The van der Waals surface area contributed by atoms with Crippen molar-refractivity contribution >= 4 is 0 Å². The van der Waals surface area contributed by atoms with Crippen LogP contribution in [0.2, 0.25) is 0 Å². The van der Waals surface area contributed by atoms with Crippen LogP contribution < -0.4 is 0 Å². The van der Waals surface area contributed by atoms with Gasteiger partial charge in [-0.15, -0.1) is 0 Å². The van der Waals surface area contributed by atoms with Gasteiger partial charge in [-0.25, -0.2) is 0 Å². The molecule has 9 heteroatoms. The van der Waals surface area contributed by atoms with Crippen molar-refractivity contribution in [1.29, 1.82) is 0 Å².